The van der Waals surface area contributed by atoms with Gasteiger partial charge in [-0.05, 0) is 6.07 Å². The van der Waals surface area contributed by atoms with Gasteiger partial charge < -0.3 is 14.6 Å². The summed E-state index contributed by atoms with van der Waals surface area (Å²) in [5.41, 5.74) is 0.0901. The van der Waals surface area contributed by atoms with Gasteiger partial charge in [0.25, 0.3) is 0 Å². The van der Waals surface area contributed by atoms with Gasteiger partial charge in [0.15, 0.2) is 0 Å². The van der Waals surface area contributed by atoms with Gasteiger partial charge in [0.1, 0.15) is 11.9 Å². The number of benzene rings is 1. The van der Waals surface area contributed by atoms with E-state index in [0.717, 1.165) is 5.75 Å². The first-order valence-corrected chi connectivity index (χ1v) is 6.85. The van der Waals surface area contributed by atoms with Gasteiger partial charge in [0.2, 0.25) is 0 Å². The Balaban J connectivity index is 2.18. The molecule has 1 N–H and O–H groups in total. The zero-order valence-corrected chi connectivity index (χ0v) is 10.7. The summed E-state index contributed by atoms with van der Waals surface area (Å²) >= 11 is 1.60. The molecule has 2 rings (SSSR count). The molecule has 0 bridgehead atoms. The molecule has 1 fully saturated rings. The summed E-state index contributed by atoms with van der Waals surface area (Å²) in [6, 6.07) is 5.57. The van der Waals surface area contributed by atoms with E-state index >= 15 is 0 Å². The van der Waals surface area contributed by atoms with E-state index in [1.54, 1.807) is 17.8 Å². The quantitative estimate of drug-likeness (QED) is 0.930. The Morgan fingerprint density at radius 2 is 2.11 bits per heavy atom. The van der Waals surface area contributed by atoms with Crippen LogP contribution in [0, 0.1) is 0 Å². The van der Waals surface area contributed by atoms with E-state index in [2.05, 4.69) is 4.74 Å². The van der Waals surface area contributed by atoms with E-state index in [1.165, 1.54) is 18.2 Å². The number of aliphatic hydroxyl groups excluding tert-OH is 1. The van der Waals surface area contributed by atoms with Crippen molar-refractivity contribution in [1.29, 1.82) is 0 Å². The highest BCUT2D eigenvalue weighted by molar-refractivity contribution is 7.99. The maximum Gasteiger partial charge on any atom is 0.573 e. The maximum atomic E-state index is 12.3. The largest absolute Gasteiger partial charge is 0.573 e. The van der Waals surface area contributed by atoms with E-state index in [-0.39, 0.29) is 11.3 Å². The number of hydrogen-bond donors (Lipinski definition) is 1. The first-order chi connectivity index (χ1) is 8.97. The number of alkyl halides is 3. The van der Waals surface area contributed by atoms with Gasteiger partial charge in [-0.1, -0.05) is 18.2 Å². The summed E-state index contributed by atoms with van der Waals surface area (Å²) in [5.74, 6) is 0.979. The number of hydrogen-bond acceptors (Lipinski definition) is 4. The van der Waals surface area contributed by atoms with E-state index in [1.807, 2.05) is 0 Å². The Morgan fingerprint density at radius 1 is 1.37 bits per heavy atom. The fourth-order valence-electron chi connectivity index (χ4n) is 1.83. The van der Waals surface area contributed by atoms with Crippen molar-refractivity contribution in [3.63, 3.8) is 0 Å². The average Bonchev–Trinajstić information content (AvgIpc) is 2.38. The van der Waals surface area contributed by atoms with E-state index in [4.69, 9.17) is 4.74 Å². The number of aliphatic hydroxyl groups is 1. The Labute approximate surface area is 112 Å². The molecule has 0 aliphatic carbocycles. The van der Waals surface area contributed by atoms with Crippen molar-refractivity contribution in [2.75, 3.05) is 18.1 Å². The van der Waals surface area contributed by atoms with Gasteiger partial charge in [-0.25, -0.2) is 0 Å². The van der Waals surface area contributed by atoms with Crippen LogP contribution in [0.1, 0.15) is 11.7 Å². The standard InChI is InChI=1S/C12H13F3O3S/c13-12(14,15)18-9-4-2-1-3-8(9)11(16)10-7-19-6-5-17-10/h1-4,10-11,16H,5-7H2. The van der Waals surface area contributed by atoms with Gasteiger partial charge >= 0.3 is 6.36 Å². The highest BCUT2D eigenvalue weighted by Crippen LogP contribution is 2.34. The zero-order valence-electron chi connectivity index (χ0n) is 9.89. The van der Waals surface area contributed by atoms with Crippen molar-refractivity contribution in [2.24, 2.45) is 0 Å². The van der Waals surface area contributed by atoms with Crippen LogP contribution in [0.25, 0.3) is 0 Å². The fraction of sp³-hybridized carbons (Fsp3) is 0.500. The van der Waals surface area contributed by atoms with Crippen LogP contribution in [0.2, 0.25) is 0 Å². The van der Waals surface area contributed by atoms with Crippen LogP contribution in [-0.4, -0.2) is 35.7 Å². The second-order valence-electron chi connectivity index (χ2n) is 4.01. The Bertz CT molecular complexity index is 419. The topological polar surface area (TPSA) is 38.7 Å². The van der Waals surface area contributed by atoms with Crippen LogP contribution in [0.4, 0.5) is 13.2 Å². The number of halogens is 3. The molecule has 0 aromatic heterocycles. The third-order valence-electron chi connectivity index (χ3n) is 2.66. The maximum absolute atomic E-state index is 12.3. The lowest BCUT2D eigenvalue weighted by molar-refractivity contribution is -0.275. The summed E-state index contributed by atoms with van der Waals surface area (Å²) in [5, 5.41) is 10.1. The van der Waals surface area contributed by atoms with E-state index < -0.39 is 18.6 Å². The minimum atomic E-state index is -4.78. The van der Waals surface area contributed by atoms with Gasteiger partial charge in [-0.2, -0.15) is 11.8 Å². The number of para-hydroxylation sites is 1. The van der Waals surface area contributed by atoms with E-state index in [0.29, 0.717) is 12.4 Å². The van der Waals surface area contributed by atoms with Crippen molar-refractivity contribution in [2.45, 2.75) is 18.6 Å². The molecule has 1 heterocycles. The van der Waals surface area contributed by atoms with Crippen molar-refractivity contribution in [3.05, 3.63) is 29.8 Å². The highest BCUT2D eigenvalue weighted by atomic mass is 32.2. The lowest BCUT2D eigenvalue weighted by atomic mass is 10.0. The molecule has 106 valence electrons. The molecule has 1 saturated heterocycles. The lowest BCUT2D eigenvalue weighted by Gasteiger charge is -2.28. The molecule has 0 spiro atoms. The predicted molar refractivity (Wildman–Crippen MR) is 65.1 cm³/mol. The summed E-state index contributed by atoms with van der Waals surface area (Å²) in [6.07, 6.45) is -6.43. The monoisotopic (exact) mass is 294 g/mol. The van der Waals surface area contributed by atoms with Gasteiger partial charge in [0.05, 0.1) is 12.7 Å². The Kier molecular flexibility index (Phi) is 4.59. The first-order valence-electron chi connectivity index (χ1n) is 5.69. The third kappa shape index (κ3) is 4.02. The van der Waals surface area contributed by atoms with Crippen LogP contribution in [0.3, 0.4) is 0 Å². The van der Waals surface area contributed by atoms with Crippen LogP contribution >= 0.6 is 11.8 Å². The molecule has 1 aliphatic heterocycles. The van der Waals surface area contributed by atoms with Crippen LogP contribution in [-0.2, 0) is 4.74 Å². The van der Waals surface area contributed by atoms with Crippen molar-refractivity contribution in [3.8, 4) is 5.75 Å². The molecule has 2 atom stereocenters. The average molecular weight is 294 g/mol. The second kappa shape index (κ2) is 6.02. The SMILES string of the molecule is OC(c1ccccc1OC(F)(F)F)C1CSCCO1. The number of rotatable bonds is 3. The summed E-state index contributed by atoms with van der Waals surface area (Å²) in [6.45, 7) is 0.481. The van der Waals surface area contributed by atoms with Crippen molar-refractivity contribution in [1.82, 2.24) is 0 Å². The third-order valence-corrected chi connectivity index (χ3v) is 3.68. The molecule has 7 heteroatoms. The number of ether oxygens (including phenoxy) is 2. The molecule has 19 heavy (non-hydrogen) atoms. The molecule has 1 aliphatic rings. The van der Waals surface area contributed by atoms with Gasteiger partial charge in [0, 0.05) is 17.1 Å². The molecule has 2 unspecified atom stereocenters. The predicted octanol–water partition coefficient (Wildman–Crippen LogP) is 2.75. The Hall–Kier alpha value is -0.920. The smallest absolute Gasteiger partial charge is 0.405 e. The summed E-state index contributed by atoms with van der Waals surface area (Å²) < 4.78 is 46.2. The molecule has 0 amide bonds. The summed E-state index contributed by atoms with van der Waals surface area (Å²) in [7, 11) is 0. The van der Waals surface area contributed by atoms with Crippen LogP contribution in [0.15, 0.2) is 24.3 Å². The highest BCUT2D eigenvalue weighted by Gasteiger charge is 2.34. The molecule has 0 radical (unpaired) electrons. The molecule has 0 saturated carbocycles. The van der Waals surface area contributed by atoms with Crippen LogP contribution < -0.4 is 4.74 Å². The fourth-order valence-corrected chi connectivity index (χ4v) is 2.72. The molecule has 1 aromatic rings. The molecule has 1 aromatic carbocycles. The van der Waals surface area contributed by atoms with Gasteiger partial charge in [-0.3, -0.25) is 0 Å². The van der Waals surface area contributed by atoms with E-state index in [9.17, 15) is 18.3 Å². The molecular weight excluding hydrogens is 281 g/mol. The second-order valence-corrected chi connectivity index (χ2v) is 5.16. The Morgan fingerprint density at radius 3 is 2.74 bits per heavy atom. The minimum absolute atomic E-state index is 0.0901. The first kappa shape index (κ1) is 14.5. The van der Waals surface area contributed by atoms with Crippen molar-refractivity contribution < 1.29 is 27.8 Å². The molecule has 3 nitrogen and oxygen atoms in total. The number of thioether (sulfide) groups is 1. The minimum Gasteiger partial charge on any atom is -0.405 e. The normalized spacial score (nSPS) is 22.0. The molecular formula is C12H13F3O3S. The summed E-state index contributed by atoms with van der Waals surface area (Å²) in [4.78, 5) is 0. The van der Waals surface area contributed by atoms with Gasteiger partial charge in [-0.15, -0.1) is 13.2 Å². The zero-order chi connectivity index (χ0) is 13.9. The van der Waals surface area contributed by atoms with Crippen molar-refractivity contribution >= 4 is 11.8 Å². The van der Waals surface area contributed by atoms with Crippen LogP contribution in [0.5, 0.6) is 5.75 Å². The lowest BCUT2D eigenvalue weighted by Crippen LogP contribution is -2.30.